The second kappa shape index (κ2) is 5.42. The zero-order chi connectivity index (χ0) is 16.7. The number of nitrogens with zero attached hydrogens (tertiary/aromatic N) is 4. The second-order valence-corrected chi connectivity index (χ2v) is 5.44. The van der Waals surface area contributed by atoms with Crippen LogP contribution >= 0.6 is 0 Å². The number of anilines is 2. The summed E-state index contributed by atoms with van der Waals surface area (Å²) in [6, 6.07) is 11.5. The zero-order valence-corrected chi connectivity index (χ0v) is 12.4. The minimum atomic E-state index is -0.875. The molecular formula is C17H11F2N5. The van der Waals surface area contributed by atoms with Gasteiger partial charge in [-0.3, -0.25) is 0 Å². The molecule has 0 bridgehead atoms. The standard InChI is InChI=1S/C17H11F2N5/c18-13-5-4-10(8-14(13)19)24-7-6-11-12(2-1-3-16(11)24)17-15(9-20)21-23-22-17/h1-5,8H,6-7H2,(H,21,22,23). The van der Waals surface area contributed by atoms with Crippen LogP contribution in [0.4, 0.5) is 20.2 Å². The highest BCUT2D eigenvalue weighted by Gasteiger charge is 2.26. The molecule has 1 aliphatic rings. The fourth-order valence-electron chi connectivity index (χ4n) is 3.07. The summed E-state index contributed by atoms with van der Waals surface area (Å²) in [5.41, 5.74) is 4.04. The van der Waals surface area contributed by atoms with Crippen molar-refractivity contribution in [1.82, 2.24) is 15.4 Å². The lowest BCUT2D eigenvalue weighted by molar-refractivity contribution is 0.508. The van der Waals surface area contributed by atoms with Crippen LogP contribution < -0.4 is 4.90 Å². The largest absolute Gasteiger partial charge is 0.341 e. The molecule has 2 aromatic carbocycles. The maximum absolute atomic E-state index is 13.5. The smallest absolute Gasteiger partial charge is 0.190 e. The van der Waals surface area contributed by atoms with Gasteiger partial charge in [-0.25, -0.2) is 8.78 Å². The van der Waals surface area contributed by atoms with Crippen molar-refractivity contribution in [2.75, 3.05) is 11.4 Å². The quantitative estimate of drug-likeness (QED) is 0.785. The van der Waals surface area contributed by atoms with Crippen LogP contribution in [-0.2, 0) is 6.42 Å². The SMILES string of the molecule is N#Cc1n[nH]nc1-c1cccc2c1CCN2c1ccc(F)c(F)c1. The van der Waals surface area contributed by atoms with Crippen molar-refractivity contribution in [2.24, 2.45) is 0 Å². The van der Waals surface area contributed by atoms with Crippen molar-refractivity contribution in [3.8, 4) is 17.3 Å². The molecule has 0 spiro atoms. The first-order valence-corrected chi connectivity index (χ1v) is 7.35. The van der Waals surface area contributed by atoms with E-state index in [9.17, 15) is 8.78 Å². The van der Waals surface area contributed by atoms with Crippen molar-refractivity contribution in [3.63, 3.8) is 0 Å². The van der Waals surface area contributed by atoms with Gasteiger partial charge in [-0.2, -0.15) is 15.6 Å². The first-order valence-electron chi connectivity index (χ1n) is 7.35. The van der Waals surface area contributed by atoms with Crippen LogP contribution in [0.15, 0.2) is 36.4 Å². The van der Waals surface area contributed by atoms with Crippen LogP contribution in [0.5, 0.6) is 0 Å². The highest BCUT2D eigenvalue weighted by atomic mass is 19.2. The Labute approximate surface area is 136 Å². The Bertz CT molecular complexity index is 973. The molecule has 5 nitrogen and oxygen atoms in total. The molecule has 7 heteroatoms. The number of H-pyrrole nitrogens is 1. The fraction of sp³-hybridized carbons (Fsp3) is 0.118. The van der Waals surface area contributed by atoms with E-state index in [-0.39, 0.29) is 5.69 Å². The van der Waals surface area contributed by atoms with Gasteiger partial charge in [0.05, 0.1) is 0 Å². The first-order chi connectivity index (χ1) is 11.7. The van der Waals surface area contributed by atoms with E-state index < -0.39 is 11.6 Å². The number of benzene rings is 2. The van der Waals surface area contributed by atoms with E-state index in [0.717, 1.165) is 22.9 Å². The molecule has 0 aliphatic carbocycles. The Morgan fingerprint density at radius 1 is 1.12 bits per heavy atom. The summed E-state index contributed by atoms with van der Waals surface area (Å²) in [6.45, 7) is 0.636. The van der Waals surface area contributed by atoms with Crippen molar-refractivity contribution in [2.45, 2.75) is 6.42 Å². The van der Waals surface area contributed by atoms with Crippen LogP contribution in [-0.4, -0.2) is 22.0 Å². The Balaban J connectivity index is 1.82. The summed E-state index contributed by atoms with van der Waals surface area (Å²) >= 11 is 0. The first kappa shape index (κ1) is 14.3. The van der Waals surface area contributed by atoms with Gasteiger partial charge in [0.1, 0.15) is 11.8 Å². The predicted octanol–water partition coefficient (Wildman–Crippen LogP) is 3.32. The van der Waals surface area contributed by atoms with Gasteiger partial charge < -0.3 is 4.90 Å². The van der Waals surface area contributed by atoms with Gasteiger partial charge >= 0.3 is 0 Å². The second-order valence-electron chi connectivity index (χ2n) is 5.44. The molecule has 0 fully saturated rings. The van der Waals surface area contributed by atoms with Gasteiger partial charge in [0, 0.05) is 29.5 Å². The highest BCUT2D eigenvalue weighted by Crippen LogP contribution is 2.40. The van der Waals surface area contributed by atoms with E-state index in [1.807, 2.05) is 29.2 Å². The van der Waals surface area contributed by atoms with Crippen molar-refractivity contribution in [1.29, 1.82) is 5.26 Å². The lowest BCUT2D eigenvalue weighted by Gasteiger charge is -2.20. The average molecular weight is 323 g/mol. The number of fused-ring (bicyclic) bond motifs is 1. The molecule has 0 unspecified atom stereocenters. The molecular weight excluding hydrogens is 312 g/mol. The molecule has 1 aliphatic heterocycles. The van der Waals surface area contributed by atoms with Gasteiger partial charge in [0.25, 0.3) is 0 Å². The summed E-state index contributed by atoms with van der Waals surface area (Å²) in [4.78, 5) is 1.92. The number of aromatic amines is 1. The Kier molecular flexibility index (Phi) is 3.24. The number of halogens is 2. The fourth-order valence-corrected chi connectivity index (χ4v) is 3.07. The summed E-state index contributed by atoms with van der Waals surface area (Å²) in [5.74, 6) is -1.74. The lowest BCUT2D eigenvalue weighted by atomic mass is 10.0. The zero-order valence-electron chi connectivity index (χ0n) is 12.4. The van der Waals surface area contributed by atoms with Crippen molar-refractivity contribution in [3.05, 3.63) is 59.3 Å². The van der Waals surface area contributed by atoms with Crippen molar-refractivity contribution < 1.29 is 8.78 Å². The van der Waals surface area contributed by atoms with Gasteiger partial charge in [-0.15, -0.1) is 5.10 Å². The van der Waals surface area contributed by atoms with E-state index in [1.165, 1.54) is 6.07 Å². The van der Waals surface area contributed by atoms with Crippen LogP contribution in [0.25, 0.3) is 11.3 Å². The minimum Gasteiger partial charge on any atom is -0.341 e. The van der Waals surface area contributed by atoms with E-state index in [2.05, 4.69) is 15.4 Å². The molecule has 1 N–H and O–H groups in total. The Hall–Kier alpha value is -3.27. The topological polar surface area (TPSA) is 68.6 Å². The van der Waals surface area contributed by atoms with E-state index in [1.54, 1.807) is 6.07 Å². The Morgan fingerprint density at radius 3 is 2.79 bits per heavy atom. The number of nitriles is 1. The molecule has 118 valence electrons. The number of nitrogens with one attached hydrogen (secondary N) is 1. The molecule has 0 saturated carbocycles. The molecule has 1 aromatic heterocycles. The molecule has 0 atom stereocenters. The predicted molar refractivity (Wildman–Crippen MR) is 83.6 cm³/mol. The molecule has 2 heterocycles. The monoisotopic (exact) mass is 323 g/mol. The molecule has 0 saturated heterocycles. The van der Waals surface area contributed by atoms with Gasteiger partial charge in [-0.05, 0) is 30.2 Å². The molecule has 4 rings (SSSR count). The number of hydrogen-bond donors (Lipinski definition) is 1. The van der Waals surface area contributed by atoms with Crippen LogP contribution in [0.2, 0.25) is 0 Å². The summed E-state index contributed by atoms with van der Waals surface area (Å²) in [5, 5.41) is 19.5. The van der Waals surface area contributed by atoms with E-state index >= 15 is 0 Å². The molecule has 0 amide bonds. The summed E-state index contributed by atoms with van der Waals surface area (Å²) < 4.78 is 26.7. The summed E-state index contributed by atoms with van der Waals surface area (Å²) in [7, 11) is 0. The maximum atomic E-state index is 13.5. The number of hydrogen-bond acceptors (Lipinski definition) is 4. The highest BCUT2D eigenvalue weighted by molar-refractivity contribution is 5.80. The summed E-state index contributed by atoms with van der Waals surface area (Å²) in [6.07, 6.45) is 0.711. The average Bonchev–Trinajstić information content (AvgIpc) is 3.23. The van der Waals surface area contributed by atoms with Gasteiger partial charge in [0.15, 0.2) is 17.3 Å². The third-order valence-corrected chi connectivity index (χ3v) is 4.15. The Morgan fingerprint density at radius 2 is 2.00 bits per heavy atom. The third-order valence-electron chi connectivity index (χ3n) is 4.15. The molecule has 3 aromatic rings. The van der Waals surface area contributed by atoms with E-state index in [0.29, 0.717) is 24.3 Å². The van der Waals surface area contributed by atoms with Crippen LogP contribution in [0, 0.1) is 23.0 Å². The van der Waals surface area contributed by atoms with E-state index in [4.69, 9.17) is 5.26 Å². The van der Waals surface area contributed by atoms with Gasteiger partial charge in [-0.1, -0.05) is 12.1 Å². The third kappa shape index (κ3) is 2.12. The molecule has 24 heavy (non-hydrogen) atoms. The lowest BCUT2D eigenvalue weighted by Crippen LogP contribution is -2.13. The number of aromatic nitrogens is 3. The minimum absolute atomic E-state index is 0.231. The molecule has 0 radical (unpaired) electrons. The van der Waals surface area contributed by atoms with Crippen molar-refractivity contribution >= 4 is 11.4 Å². The van der Waals surface area contributed by atoms with Gasteiger partial charge in [0.2, 0.25) is 0 Å². The van der Waals surface area contributed by atoms with Crippen LogP contribution in [0.1, 0.15) is 11.3 Å². The number of rotatable bonds is 2. The normalized spacial score (nSPS) is 13.0. The van der Waals surface area contributed by atoms with Crippen LogP contribution in [0.3, 0.4) is 0 Å². The maximum Gasteiger partial charge on any atom is 0.190 e.